The lowest BCUT2D eigenvalue weighted by Gasteiger charge is -2.37. The number of aliphatic hydroxyl groups excluding tert-OH is 1. The first kappa shape index (κ1) is 15.8. The predicted octanol–water partition coefficient (Wildman–Crippen LogP) is 2.29. The van der Waals surface area contributed by atoms with Gasteiger partial charge in [-0.1, -0.05) is 20.8 Å². The molecule has 5 aliphatic rings. The van der Waals surface area contributed by atoms with Gasteiger partial charge in [0.2, 0.25) is 0 Å². The Bertz CT molecular complexity index is 777. The molecule has 0 bridgehead atoms. The number of hydrogen-bond acceptors (Lipinski definition) is 5. The lowest BCUT2D eigenvalue weighted by Crippen LogP contribution is -2.33. The maximum absolute atomic E-state index is 13.2. The largest absolute Gasteiger partial charge is 0.422 e. The predicted molar refractivity (Wildman–Crippen MR) is 88.2 cm³/mol. The summed E-state index contributed by atoms with van der Waals surface area (Å²) >= 11 is 0. The molecule has 0 radical (unpaired) electrons. The van der Waals surface area contributed by atoms with Gasteiger partial charge in [-0.25, -0.2) is 4.79 Å². The number of hydrogen-bond donors (Lipinski definition) is 1. The third-order valence-corrected chi connectivity index (χ3v) is 7.53. The van der Waals surface area contributed by atoms with Crippen LogP contribution in [0.15, 0.2) is 22.5 Å². The molecule has 6 unspecified atom stereocenters. The van der Waals surface area contributed by atoms with Crippen molar-refractivity contribution in [1.29, 1.82) is 0 Å². The van der Waals surface area contributed by atoms with Crippen LogP contribution in [0.5, 0.6) is 0 Å². The minimum atomic E-state index is -0.788. The van der Waals surface area contributed by atoms with Crippen molar-refractivity contribution in [2.24, 2.45) is 22.7 Å². The van der Waals surface area contributed by atoms with E-state index in [1.54, 1.807) is 0 Å². The molecule has 5 heteroatoms. The van der Waals surface area contributed by atoms with E-state index in [1.165, 1.54) is 0 Å². The fourth-order valence-corrected chi connectivity index (χ4v) is 6.23. The molecular weight excluding hydrogens is 320 g/mol. The number of esters is 1. The van der Waals surface area contributed by atoms with Crippen LogP contribution in [0, 0.1) is 22.7 Å². The quantitative estimate of drug-likeness (QED) is 0.683. The van der Waals surface area contributed by atoms with Gasteiger partial charge in [0.25, 0.3) is 0 Å². The van der Waals surface area contributed by atoms with Gasteiger partial charge in [0.15, 0.2) is 5.78 Å². The smallest absolute Gasteiger partial charge is 0.342 e. The Morgan fingerprint density at radius 3 is 2.64 bits per heavy atom. The van der Waals surface area contributed by atoms with Crippen LogP contribution >= 0.6 is 0 Å². The SMILES string of the molecule is CC1COC2C(=O)C3=C4OC(=O)C5=C4C(C)(CCC5O)CCC3(C)C12. The number of carbonyl (C=O) groups is 2. The van der Waals surface area contributed by atoms with Gasteiger partial charge >= 0.3 is 5.97 Å². The lowest BCUT2D eigenvalue weighted by molar-refractivity contribution is -0.134. The van der Waals surface area contributed by atoms with Crippen molar-refractivity contribution < 1.29 is 24.2 Å². The van der Waals surface area contributed by atoms with Gasteiger partial charge in [-0.15, -0.1) is 0 Å². The Labute approximate surface area is 147 Å². The van der Waals surface area contributed by atoms with Crippen LogP contribution < -0.4 is 0 Å². The number of carbonyl (C=O) groups excluding carboxylic acids is 2. The summed E-state index contributed by atoms with van der Waals surface area (Å²) in [4.78, 5) is 25.7. The molecule has 0 aromatic heterocycles. The average molecular weight is 344 g/mol. The summed E-state index contributed by atoms with van der Waals surface area (Å²) in [7, 11) is 0. The fraction of sp³-hybridized carbons (Fsp3) is 0.700. The van der Waals surface area contributed by atoms with Crippen LogP contribution in [0.25, 0.3) is 0 Å². The molecule has 0 amide bonds. The van der Waals surface area contributed by atoms with Crippen LogP contribution in [0.4, 0.5) is 0 Å². The highest BCUT2D eigenvalue weighted by Crippen LogP contribution is 2.63. The van der Waals surface area contributed by atoms with Crippen molar-refractivity contribution >= 4 is 11.8 Å². The monoisotopic (exact) mass is 344 g/mol. The summed E-state index contributed by atoms with van der Waals surface area (Å²) in [5, 5.41) is 10.4. The van der Waals surface area contributed by atoms with Crippen molar-refractivity contribution in [2.75, 3.05) is 6.61 Å². The Morgan fingerprint density at radius 1 is 1.12 bits per heavy atom. The van der Waals surface area contributed by atoms with Gasteiger partial charge < -0.3 is 14.6 Å². The molecule has 6 atom stereocenters. The van der Waals surface area contributed by atoms with Crippen molar-refractivity contribution in [1.82, 2.24) is 0 Å². The fourth-order valence-electron chi connectivity index (χ4n) is 6.23. The Kier molecular flexibility index (Phi) is 2.92. The first-order chi connectivity index (χ1) is 11.8. The van der Waals surface area contributed by atoms with Gasteiger partial charge in [-0.2, -0.15) is 0 Å². The van der Waals surface area contributed by atoms with Crippen molar-refractivity contribution in [3.05, 3.63) is 22.5 Å². The number of ether oxygens (including phenoxy) is 2. The van der Waals surface area contributed by atoms with E-state index in [9.17, 15) is 14.7 Å². The molecule has 25 heavy (non-hydrogen) atoms. The zero-order valence-corrected chi connectivity index (χ0v) is 14.9. The third kappa shape index (κ3) is 1.71. The molecular formula is C20H24O5. The molecule has 5 nitrogen and oxygen atoms in total. The Balaban J connectivity index is 1.79. The van der Waals surface area contributed by atoms with Gasteiger partial charge in [-0.3, -0.25) is 4.79 Å². The van der Waals surface area contributed by atoms with Gasteiger partial charge in [-0.05, 0) is 37.0 Å². The van der Waals surface area contributed by atoms with E-state index >= 15 is 0 Å². The standard InChI is InChI=1S/C20H24O5/c1-9-8-24-17-12(9)20(3)7-6-19(2)5-4-10(21)11-13(19)16(25-18(11)23)14(20)15(17)22/h9-10,12,17,21H,4-8H2,1-3H3. The molecule has 5 rings (SSSR count). The second-order valence-corrected chi connectivity index (χ2v) is 9.04. The van der Waals surface area contributed by atoms with E-state index in [0.717, 1.165) is 24.8 Å². The number of fused-ring (bicyclic) bond motifs is 3. The molecule has 0 aromatic rings. The summed E-state index contributed by atoms with van der Waals surface area (Å²) in [6.45, 7) is 7.05. The van der Waals surface area contributed by atoms with E-state index in [-0.39, 0.29) is 22.5 Å². The average Bonchev–Trinajstić information content (AvgIpc) is 3.15. The molecule has 1 saturated heterocycles. The Morgan fingerprint density at radius 2 is 1.88 bits per heavy atom. The van der Waals surface area contributed by atoms with Gasteiger partial charge in [0.05, 0.1) is 18.3 Å². The lowest BCUT2D eigenvalue weighted by atomic mass is 9.66. The second kappa shape index (κ2) is 4.63. The molecule has 134 valence electrons. The van der Waals surface area contributed by atoms with Crippen molar-refractivity contribution in [2.45, 2.75) is 58.7 Å². The summed E-state index contributed by atoms with van der Waals surface area (Å²) in [5.74, 6) is 0.411. The van der Waals surface area contributed by atoms with Crippen LogP contribution in [-0.4, -0.2) is 35.7 Å². The minimum absolute atomic E-state index is 0.0160. The van der Waals surface area contributed by atoms with E-state index in [2.05, 4.69) is 20.8 Å². The highest BCUT2D eigenvalue weighted by atomic mass is 16.5. The van der Waals surface area contributed by atoms with Crippen LogP contribution in [0.3, 0.4) is 0 Å². The molecule has 2 heterocycles. The summed E-state index contributed by atoms with van der Waals surface area (Å²) in [5.41, 5.74) is 1.29. The van der Waals surface area contributed by atoms with Crippen molar-refractivity contribution in [3.63, 3.8) is 0 Å². The van der Waals surface area contributed by atoms with E-state index in [1.807, 2.05) is 0 Å². The minimum Gasteiger partial charge on any atom is -0.422 e. The van der Waals surface area contributed by atoms with Gasteiger partial charge in [0.1, 0.15) is 11.9 Å². The van der Waals surface area contributed by atoms with Crippen LogP contribution in [0.1, 0.15) is 46.5 Å². The molecule has 1 N–H and O–H groups in total. The number of ketones is 1. The third-order valence-electron chi connectivity index (χ3n) is 7.53. The maximum atomic E-state index is 13.2. The zero-order valence-electron chi connectivity index (χ0n) is 14.9. The molecule has 3 aliphatic carbocycles. The first-order valence-corrected chi connectivity index (χ1v) is 9.34. The zero-order chi connectivity index (χ0) is 17.7. The molecule has 2 fully saturated rings. The van der Waals surface area contributed by atoms with E-state index in [4.69, 9.17) is 9.47 Å². The molecule has 0 aromatic carbocycles. The summed E-state index contributed by atoms with van der Waals surface area (Å²) in [6.07, 6.45) is 1.96. The topological polar surface area (TPSA) is 72.8 Å². The number of allylic oxidation sites excluding steroid dienone is 1. The highest BCUT2D eigenvalue weighted by Gasteiger charge is 2.64. The maximum Gasteiger partial charge on any atom is 0.342 e. The van der Waals surface area contributed by atoms with E-state index in [0.29, 0.717) is 35.9 Å². The number of Topliss-reactive ketones (excluding diaryl/α,β-unsaturated/α-hetero) is 1. The molecule has 0 spiro atoms. The highest BCUT2D eigenvalue weighted by molar-refractivity contribution is 6.07. The van der Waals surface area contributed by atoms with E-state index < -0.39 is 18.2 Å². The summed E-state index contributed by atoms with van der Waals surface area (Å²) < 4.78 is 11.5. The summed E-state index contributed by atoms with van der Waals surface area (Å²) in [6, 6.07) is 0. The Hall–Kier alpha value is -1.46. The number of rotatable bonds is 0. The second-order valence-electron chi connectivity index (χ2n) is 9.04. The molecule has 1 saturated carbocycles. The van der Waals surface area contributed by atoms with Crippen LogP contribution in [-0.2, 0) is 19.1 Å². The number of aliphatic hydroxyl groups is 1. The van der Waals surface area contributed by atoms with Crippen molar-refractivity contribution in [3.8, 4) is 0 Å². The van der Waals surface area contributed by atoms with Gasteiger partial charge in [0, 0.05) is 22.5 Å². The first-order valence-electron chi connectivity index (χ1n) is 9.34. The normalized spacial score (nSPS) is 48.3. The molecule has 2 aliphatic heterocycles. The van der Waals surface area contributed by atoms with Crippen LogP contribution in [0.2, 0.25) is 0 Å².